The summed E-state index contributed by atoms with van der Waals surface area (Å²) in [6, 6.07) is 3.75. The molecule has 1 aromatic rings. The van der Waals surface area contributed by atoms with Gasteiger partial charge in [-0.15, -0.1) is 0 Å². The van der Waals surface area contributed by atoms with Gasteiger partial charge in [0.05, 0.1) is 0 Å². The van der Waals surface area contributed by atoms with Crippen molar-refractivity contribution in [1.82, 2.24) is 0 Å². The molecule has 0 aliphatic carbocycles. The highest BCUT2D eigenvalue weighted by molar-refractivity contribution is 6.12. The first-order valence-corrected chi connectivity index (χ1v) is 4.71. The van der Waals surface area contributed by atoms with E-state index in [1.165, 1.54) is 12.1 Å². The Hall–Kier alpha value is -0.703. The van der Waals surface area contributed by atoms with Crippen LogP contribution in [0.5, 0.6) is 0 Å². The molecule has 0 aromatic heterocycles. The van der Waals surface area contributed by atoms with Crippen LogP contribution in [0.15, 0.2) is 18.2 Å². The summed E-state index contributed by atoms with van der Waals surface area (Å²) in [7, 11) is 0.891. The van der Waals surface area contributed by atoms with Gasteiger partial charge in [-0.25, -0.2) is 8.78 Å². The van der Waals surface area contributed by atoms with Crippen LogP contribution in [0.25, 0.3) is 0 Å². The molecule has 0 aliphatic rings. The van der Waals surface area contributed by atoms with Gasteiger partial charge >= 0.3 is 0 Å². The third kappa shape index (κ3) is 1.86. The third-order valence-electron chi connectivity index (χ3n) is 1.58. The van der Waals surface area contributed by atoms with Crippen molar-refractivity contribution in [1.29, 1.82) is 0 Å². The van der Waals surface area contributed by atoms with E-state index in [0.29, 0.717) is 5.56 Å². The van der Waals surface area contributed by atoms with Crippen molar-refractivity contribution in [3.63, 3.8) is 0 Å². The Balaban J connectivity index is 3.09. The van der Waals surface area contributed by atoms with Crippen LogP contribution in [0.3, 0.4) is 0 Å². The van der Waals surface area contributed by atoms with E-state index in [9.17, 15) is 8.78 Å². The highest BCUT2D eigenvalue weighted by atomic mass is 28.1. The van der Waals surface area contributed by atoms with Crippen LogP contribution in [0.4, 0.5) is 8.78 Å². The fourth-order valence-electron chi connectivity index (χ4n) is 0.970. The Kier molecular flexibility index (Phi) is 2.39. The average molecular weight is 172 g/mol. The van der Waals surface area contributed by atoms with Gasteiger partial charge in [-0.3, -0.25) is 0 Å². The Morgan fingerprint density at radius 1 is 1.36 bits per heavy atom. The molecule has 0 amide bonds. The Bertz CT molecular complexity index is 258. The predicted molar refractivity (Wildman–Crippen MR) is 44.7 cm³/mol. The van der Waals surface area contributed by atoms with E-state index in [0.717, 1.165) is 16.3 Å². The van der Waals surface area contributed by atoms with Crippen molar-refractivity contribution in [2.45, 2.75) is 12.5 Å². The summed E-state index contributed by atoms with van der Waals surface area (Å²) < 4.78 is 25.3. The molecule has 0 fully saturated rings. The largest absolute Gasteiger partial charge is 0.207 e. The number of hydrogen-bond donors (Lipinski definition) is 0. The summed E-state index contributed by atoms with van der Waals surface area (Å²) in [5.74, 6) is -0.930. The normalized spacial score (nSPS) is 13.4. The molecule has 0 N–H and O–H groups in total. The SMILES string of the molecule is CC([SiH3])c1ccc(F)cc1F. The van der Waals surface area contributed by atoms with Gasteiger partial charge in [-0.2, -0.15) is 0 Å². The third-order valence-corrected chi connectivity index (χ3v) is 2.21. The highest BCUT2D eigenvalue weighted by Crippen LogP contribution is 2.16. The molecular weight excluding hydrogens is 162 g/mol. The van der Waals surface area contributed by atoms with Crippen molar-refractivity contribution in [3.05, 3.63) is 35.4 Å². The molecule has 0 saturated heterocycles. The molecule has 0 aliphatic heterocycles. The molecular formula is C8H10F2Si. The van der Waals surface area contributed by atoms with Gasteiger partial charge in [0.1, 0.15) is 11.6 Å². The van der Waals surface area contributed by atoms with E-state index in [1.54, 1.807) is 0 Å². The molecule has 3 heteroatoms. The molecule has 1 unspecified atom stereocenters. The molecule has 1 atom stereocenters. The molecule has 1 aromatic carbocycles. The van der Waals surface area contributed by atoms with Gasteiger partial charge in [-0.1, -0.05) is 13.0 Å². The van der Waals surface area contributed by atoms with Gasteiger partial charge in [0.2, 0.25) is 0 Å². The smallest absolute Gasteiger partial charge is 0.129 e. The van der Waals surface area contributed by atoms with Crippen LogP contribution in [-0.4, -0.2) is 10.2 Å². The maximum atomic E-state index is 12.9. The maximum Gasteiger partial charge on any atom is 0.129 e. The molecule has 0 radical (unpaired) electrons. The fraction of sp³-hybridized carbons (Fsp3) is 0.250. The fourth-order valence-corrected chi connectivity index (χ4v) is 1.44. The number of hydrogen-bond acceptors (Lipinski definition) is 0. The number of benzene rings is 1. The number of rotatable bonds is 1. The molecule has 0 nitrogen and oxygen atoms in total. The molecule has 0 saturated carbocycles. The van der Waals surface area contributed by atoms with Gasteiger partial charge < -0.3 is 0 Å². The molecule has 0 heterocycles. The lowest BCUT2D eigenvalue weighted by Gasteiger charge is -2.05. The minimum absolute atomic E-state index is 0.246. The Labute approximate surface area is 67.7 Å². The number of halogens is 2. The van der Waals surface area contributed by atoms with Crippen molar-refractivity contribution in [3.8, 4) is 0 Å². The van der Waals surface area contributed by atoms with Crippen LogP contribution >= 0.6 is 0 Å². The van der Waals surface area contributed by atoms with Crippen LogP contribution in [0.1, 0.15) is 18.0 Å². The zero-order chi connectivity index (χ0) is 8.43. The first-order chi connectivity index (χ1) is 5.11. The molecule has 1 rings (SSSR count). The van der Waals surface area contributed by atoms with Gasteiger partial charge in [0, 0.05) is 16.3 Å². The zero-order valence-corrected chi connectivity index (χ0v) is 8.57. The first kappa shape index (κ1) is 8.39. The standard InChI is InChI=1S/C8H10F2Si/c1-5(11)7-3-2-6(9)4-8(7)10/h2-5H,1,11H3. The van der Waals surface area contributed by atoms with E-state index < -0.39 is 11.6 Å². The van der Waals surface area contributed by atoms with E-state index in [4.69, 9.17) is 0 Å². The summed E-state index contributed by atoms with van der Waals surface area (Å²) in [5.41, 5.74) is 0.869. The molecule has 60 valence electrons. The second kappa shape index (κ2) is 3.13. The van der Waals surface area contributed by atoms with Gasteiger partial charge in [0.25, 0.3) is 0 Å². The topological polar surface area (TPSA) is 0 Å². The van der Waals surface area contributed by atoms with Crippen LogP contribution in [-0.2, 0) is 0 Å². The quantitative estimate of drug-likeness (QED) is 0.562. The van der Waals surface area contributed by atoms with E-state index >= 15 is 0 Å². The second-order valence-electron chi connectivity index (χ2n) is 2.82. The average Bonchev–Trinajstić information content (AvgIpc) is 1.85. The van der Waals surface area contributed by atoms with Crippen LogP contribution in [0, 0.1) is 11.6 Å². The lowest BCUT2D eigenvalue weighted by atomic mass is 10.1. The lowest BCUT2D eigenvalue weighted by molar-refractivity contribution is 0.572. The molecule has 0 spiro atoms. The van der Waals surface area contributed by atoms with Crippen molar-refractivity contribution < 1.29 is 8.78 Å². The van der Waals surface area contributed by atoms with E-state index in [1.807, 2.05) is 6.92 Å². The van der Waals surface area contributed by atoms with E-state index in [-0.39, 0.29) is 5.54 Å². The molecule has 0 bridgehead atoms. The summed E-state index contributed by atoms with van der Waals surface area (Å²) in [6.07, 6.45) is 0. The van der Waals surface area contributed by atoms with Gasteiger partial charge in [0.15, 0.2) is 0 Å². The summed E-state index contributed by atoms with van der Waals surface area (Å²) in [5, 5.41) is 0. The summed E-state index contributed by atoms with van der Waals surface area (Å²) >= 11 is 0. The van der Waals surface area contributed by atoms with Crippen molar-refractivity contribution in [2.75, 3.05) is 0 Å². The van der Waals surface area contributed by atoms with Gasteiger partial charge in [-0.05, 0) is 17.2 Å². The monoisotopic (exact) mass is 172 g/mol. The highest BCUT2D eigenvalue weighted by Gasteiger charge is 2.06. The van der Waals surface area contributed by atoms with Crippen molar-refractivity contribution in [2.24, 2.45) is 0 Å². The minimum Gasteiger partial charge on any atom is -0.207 e. The lowest BCUT2D eigenvalue weighted by Crippen LogP contribution is -1.96. The van der Waals surface area contributed by atoms with Crippen LogP contribution < -0.4 is 0 Å². The second-order valence-corrected chi connectivity index (χ2v) is 4.55. The van der Waals surface area contributed by atoms with E-state index in [2.05, 4.69) is 0 Å². The Morgan fingerprint density at radius 2 is 2.00 bits per heavy atom. The Morgan fingerprint density at radius 3 is 2.45 bits per heavy atom. The van der Waals surface area contributed by atoms with Crippen molar-refractivity contribution >= 4 is 10.2 Å². The van der Waals surface area contributed by atoms with Crippen LogP contribution in [0.2, 0.25) is 0 Å². The summed E-state index contributed by atoms with van der Waals surface area (Å²) in [4.78, 5) is 0. The predicted octanol–water partition coefficient (Wildman–Crippen LogP) is 1.39. The minimum atomic E-state index is -0.506. The summed E-state index contributed by atoms with van der Waals surface area (Å²) in [6.45, 7) is 1.93. The molecule has 11 heavy (non-hydrogen) atoms. The maximum absolute atomic E-state index is 12.9. The first-order valence-electron chi connectivity index (χ1n) is 3.56. The zero-order valence-electron chi connectivity index (χ0n) is 6.57.